The minimum atomic E-state index is -1.28. The van der Waals surface area contributed by atoms with Gasteiger partial charge in [-0.25, -0.2) is 14.6 Å². The van der Waals surface area contributed by atoms with Crippen LogP contribution in [0.15, 0.2) is 21.8 Å². The molecule has 1 saturated heterocycles. The Bertz CT molecular complexity index is 1140. The van der Waals surface area contributed by atoms with Crippen molar-refractivity contribution in [1.82, 2.24) is 15.2 Å². The number of rotatable bonds is 11. The summed E-state index contributed by atoms with van der Waals surface area (Å²) in [5.41, 5.74) is 6.16. The van der Waals surface area contributed by atoms with Gasteiger partial charge < -0.3 is 34.8 Å². The largest absolute Gasteiger partial charge is 0.511 e. The summed E-state index contributed by atoms with van der Waals surface area (Å²) in [6.07, 6.45) is -2.05. The molecule has 1 aromatic heterocycles. The highest BCUT2D eigenvalue weighted by Gasteiger charge is 2.55. The molecule has 3 heterocycles. The first-order chi connectivity index (χ1) is 18.1. The molecule has 0 saturated carbocycles. The van der Waals surface area contributed by atoms with E-state index in [4.69, 9.17) is 29.5 Å². The Morgan fingerprint density at radius 2 is 2.00 bits per heavy atom. The van der Waals surface area contributed by atoms with Gasteiger partial charge in [0.1, 0.15) is 36.0 Å². The van der Waals surface area contributed by atoms with Crippen LogP contribution in [0.5, 0.6) is 0 Å². The van der Waals surface area contributed by atoms with Crippen molar-refractivity contribution in [1.29, 1.82) is 0 Å². The third-order valence-electron chi connectivity index (χ3n) is 5.42. The molecule has 3 N–H and O–H groups in total. The van der Waals surface area contributed by atoms with Crippen LogP contribution in [0.2, 0.25) is 0 Å². The minimum absolute atomic E-state index is 0.0325. The quantitative estimate of drug-likeness (QED) is 0.128. The molecule has 2 amide bonds. The van der Waals surface area contributed by atoms with Crippen LogP contribution in [0.3, 0.4) is 0 Å². The topological polar surface area (TPSA) is 181 Å². The summed E-state index contributed by atoms with van der Waals surface area (Å²) in [7, 11) is 2.72. The van der Waals surface area contributed by atoms with Gasteiger partial charge in [0.25, 0.3) is 11.8 Å². The fourth-order valence-corrected chi connectivity index (χ4v) is 5.38. The van der Waals surface area contributed by atoms with E-state index < -0.39 is 41.6 Å². The summed E-state index contributed by atoms with van der Waals surface area (Å²) in [6, 6.07) is -0.961. The maximum Gasteiger partial charge on any atom is 0.511 e. The third kappa shape index (κ3) is 6.54. The van der Waals surface area contributed by atoms with Gasteiger partial charge in [-0.15, -0.1) is 23.1 Å². The Labute approximate surface area is 226 Å². The third-order valence-corrected chi connectivity index (χ3v) is 7.43. The molecule has 16 heteroatoms. The van der Waals surface area contributed by atoms with Crippen LogP contribution in [0.4, 0.5) is 9.93 Å². The van der Waals surface area contributed by atoms with Crippen LogP contribution in [0.25, 0.3) is 0 Å². The van der Waals surface area contributed by atoms with E-state index in [0.717, 1.165) is 11.3 Å². The van der Waals surface area contributed by atoms with Gasteiger partial charge in [0.05, 0.1) is 6.61 Å². The van der Waals surface area contributed by atoms with Gasteiger partial charge in [0.15, 0.2) is 10.8 Å². The average molecular weight is 572 g/mol. The van der Waals surface area contributed by atoms with Gasteiger partial charge in [0, 0.05) is 25.2 Å². The maximum atomic E-state index is 13.1. The monoisotopic (exact) mass is 571 g/mol. The molecule has 0 bridgehead atoms. The van der Waals surface area contributed by atoms with Crippen molar-refractivity contribution < 1.29 is 43.0 Å². The van der Waals surface area contributed by atoms with Gasteiger partial charge in [-0.2, -0.15) is 0 Å². The number of thiazole rings is 1. The normalized spacial score (nSPS) is 20.6. The number of nitrogens with zero attached hydrogens (tertiary/aromatic N) is 3. The first-order valence-electron chi connectivity index (χ1n) is 11.5. The number of hydrogen-bond acceptors (Lipinski definition) is 14. The first kappa shape index (κ1) is 29.2. The second kappa shape index (κ2) is 12.9. The summed E-state index contributed by atoms with van der Waals surface area (Å²) in [5, 5.41) is 7.50. The Balaban J connectivity index is 1.72. The number of ether oxygens (including phenoxy) is 4. The number of β-lactam (4-membered cyclic amide) rings is 1. The Morgan fingerprint density at radius 3 is 2.61 bits per heavy atom. The zero-order valence-corrected chi connectivity index (χ0v) is 23.1. The lowest BCUT2D eigenvalue weighted by Gasteiger charge is -2.49. The van der Waals surface area contributed by atoms with Crippen LogP contribution in [-0.4, -0.2) is 89.9 Å². The molecule has 4 atom stereocenters. The van der Waals surface area contributed by atoms with E-state index in [1.54, 1.807) is 6.92 Å². The minimum Gasteiger partial charge on any atom is -0.431 e. The summed E-state index contributed by atoms with van der Waals surface area (Å²) in [4.78, 5) is 61.1. The van der Waals surface area contributed by atoms with E-state index in [-0.39, 0.29) is 34.9 Å². The van der Waals surface area contributed by atoms with Gasteiger partial charge in [-0.1, -0.05) is 12.1 Å². The van der Waals surface area contributed by atoms with Crippen LogP contribution in [-0.2, 0) is 38.2 Å². The van der Waals surface area contributed by atoms with Crippen molar-refractivity contribution in [2.45, 2.75) is 51.0 Å². The number of thioether (sulfide) groups is 1. The van der Waals surface area contributed by atoms with Crippen molar-refractivity contribution in [2.24, 2.45) is 5.16 Å². The van der Waals surface area contributed by atoms with Crippen molar-refractivity contribution in [3.63, 3.8) is 0 Å². The second-order valence-corrected chi connectivity index (χ2v) is 10.1. The molecule has 0 spiro atoms. The molecule has 3 unspecified atom stereocenters. The van der Waals surface area contributed by atoms with E-state index >= 15 is 0 Å². The summed E-state index contributed by atoms with van der Waals surface area (Å²) in [5.74, 6) is -1.81. The zero-order valence-electron chi connectivity index (χ0n) is 21.4. The number of carbonyl (C=O) groups excluding carboxylic acids is 4. The van der Waals surface area contributed by atoms with E-state index in [1.807, 2.05) is 6.92 Å². The Kier molecular flexibility index (Phi) is 9.93. The van der Waals surface area contributed by atoms with E-state index in [1.165, 1.54) is 43.2 Å². The van der Waals surface area contributed by atoms with Crippen molar-refractivity contribution in [3.05, 3.63) is 22.3 Å². The SMILES string of the molecule is CCC(C)OC(=O)OC(C)OC(=O)C1=C(COC)CS[C@H]2C(NC(=O)C(=NOC)c3csc(N)n3)C(=O)N12. The number of anilines is 1. The fraction of sp³-hybridized carbons (Fsp3) is 0.545. The number of aromatic nitrogens is 1. The van der Waals surface area contributed by atoms with E-state index in [2.05, 4.69) is 15.5 Å². The fourth-order valence-electron chi connectivity index (χ4n) is 3.50. The first-order valence-corrected chi connectivity index (χ1v) is 13.4. The molecular weight excluding hydrogens is 542 g/mol. The van der Waals surface area contributed by atoms with Crippen LogP contribution < -0.4 is 11.1 Å². The smallest absolute Gasteiger partial charge is 0.431 e. The number of carbonyl (C=O) groups is 4. The number of fused-ring (bicyclic) bond motifs is 1. The number of nitrogens with one attached hydrogen (secondary N) is 1. The molecule has 0 aromatic carbocycles. The highest BCUT2D eigenvalue weighted by molar-refractivity contribution is 8.00. The lowest BCUT2D eigenvalue weighted by Crippen LogP contribution is -2.71. The van der Waals surface area contributed by atoms with Gasteiger partial charge in [-0.05, 0) is 18.9 Å². The van der Waals surface area contributed by atoms with Crippen molar-refractivity contribution >= 4 is 57.9 Å². The molecule has 0 radical (unpaired) electrons. The number of hydrogen-bond donors (Lipinski definition) is 2. The van der Waals surface area contributed by atoms with Gasteiger partial charge in [0.2, 0.25) is 6.29 Å². The highest BCUT2D eigenvalue weighted by Crippen LogP contribution is 2.41. The second-order valence-electron chi connectivity index (χ2n) is 8.12. The van der Waals surface area contributed by atoms with Crippen molar-refractivity contribution in [3.8, 4) is 0 Å². The van der Waals surface area contributed by atoms with Crippen LogP contribution in [0, 0.1) is 0 Å². The molecule has 1 fully saturated rings. The Morgan fingerprint density at radius 1 is 1.26 bits per heavy atom. The molecule has 3 rings (SSSR count). The molecule has 0 aliphatic carbocycles. The highest BCUT2D eigenvalue weighted by atomic mass is 32.2. The molecule has 208 valence electrons. The number of oxime groups is 1. The zero-order chi connectivity index (χ0) is 28.0. The van der Waals surface area contributed by atoms with Crippen molar-refractivity contribution in [2.75, 3.05) is 32.3 Å². The Hall–Kier alpha value is -3.37. The number of nitrogens with two attached hydrogens (primary N) is 1. The molecule has 14 nitrogen and oxygen atoms in total. The number of methoxy groups -OCH3 is 1. The summed E-state index contributed by atoms with van der Waals surface area (Å²) < 4.78 is 20.5. The number of amides is 2. The number of nitrogen functional groups attached to an aromatic ring is 1. The van der Waals surface area contributed by atoms with Crippen LogP contribution >= 0.6 is 23.1 Å². The van der Waals surface area contributed by atoms with E-state index in [0.29, 0.717) is 17.7 Å². The predicted molar refractivity (Wildman–Crippen MR) is 137 cm³/mol. The van der Waals surface area contributed by atoms with Gasteiger partial charge in [-0.3, -0.25) is 14.5 Å². The van der Waals surface area contributed by atoms with Gasteiger partial charge >= 0.3 is 12.1 Å². The molecule has 2 aliphatic heterocycles. The maximum absolute atomic E-state index is 13.1. The summed E-state index contributed by atoms with van der Waals surface area (Å²) in [6.45, 7) is 4.94. The predicted octanol–water partition coefficient (Wildman–Crippen LogP) is 1.22. The van der Waals surface area contributed by atoms with Crippen LogP contribution in [0.1, 0.15) is 32.9 Å². The standard InChI is InChI=1S/C22H29N5O9S2/c1-6-10(2)34-22(31)36-11(3)35-20(30)16-12(7-32-4)8-37-19-15(18(29)27(16)19)25-17(28)14(26-33-5)13-9-38-21(23)24-13/h9-11,15,19H,6-8H2,1-5H3,(H2,23,24)(H,25,28)/t10?,11?,15?,19-/m0/s1. The average Bonchev–Trinajstić information content (AvgIpc) is 3.30. The van der Waals surface area contributed by atoms with E-state index in [9.17, 15) is 19.2 Å². The lowest BCUT2D eigenvalue weighted by atomic mass is 10.0. The summed E-state index contributed by atoms with van der Waals surface area (Å²) >= 11 is 2.45. The molecule has 2 aliphatic rings. The molecular formula is C22H29N5O9S2. The molecule has 1 aromatic rings. The lowest BCUT2D eigenvalue weighted by molar-refractivity contribution is -0.169. The molecule has 38 heavy (non-hydrogen) atoms. The number of esters is 1.